The topological polar surface area (TPSA) is 64.3 Å². The number of benzene rings is 2. The first-order valence-corrected chi connectivity index (χ1v) is 6.89. The Hall–Kier alpha value is -2.04. The summed E-state index contributed by atoms with van der Waals surface area (Å²) in [6, 6.07) is 14.8. The summed E-state index contributed by atoms with van der Waals surface area (Å²) in [7, 11) is 1.36. The standard InChI is InChI=1S/C16H17ClN2O2/c1-21-15(20)10-19-16(11-6-8-12(17)9-7-11)13-4-2-3-5-14(13)18/h2-9,16,19H,10,18H2,1H3/t16-/m0/s1. The van der Waals surface area contributed by atoms with Crippen LogP contribution in [0, 0.1) is 0 Å². The summed E-state index contributed by atoms with van der Waals surface area (Å²) < 4.78 is 4.67. The van der Waals surface area contributed by atoms with Gasteiger partial charge >= 0.3 is 5.97 Å². The van der Waals surface area contributed by atoms with Crippen molar-refractivity contribution in [2.24, 2.45) is 0 Å². The number of halogens is 1. The van der Waals surface area contributed by atoms with Crippen LogP contribution < -0.4 is 11.1 Å². The smallest absolute Gasteiger partial charge is 0.319 e. The fraction of sp³-hybridized carbons (Fsp3) is 0.188. The zero-order valence-corrected chi connectivity index (χ0v) is 12.4. The Morgan fingerprint density at radius 2 is 1.90 bits per heavy atom. The van der Waals surface area contributed by atoms with Crippen molar-refractivity contribution in [1.29, 1.82) is 0 Å². The van der Waals surface area contributed by atoms with Crippen molar-refractivity contribution < 1.29 is 9.53 Å². The monoisotopic (exact) mass is 304 g/mol. The molecule has 0 aliphatic heterocycles. The maximum Gasteiger partial charge on any atom is 0.319 e. The number of esters is 1. The highest BCUT2D eigenvalue weighted by Crippen LogP contribution is 2.27. The average Bonchev–Trinajstić information content (AvgIpc) is 2.50. The number of rotatable bonds is 5. The molecule has 110 valence electrons. The highest BCUT2D eigenvalue weighted by atomic mass is 35.5. The predicted molar refractivity (Wildman–Crippen MR) is 84.2 cm³/mol. The van der Waals surface area contributed by atoms with E-state index in [-0.39, 0.29) is 18.6 Å². The summed E-state index contributed by atoms with van der Waals surface area (Å²) in [5.41, 5.74) is 8.59. The second-order valence-electron chi connectivity index (χ2n) is 4.57. The molecule has 0 spiro atoms. The van der Waals surface area contributed by atoms with E-state index in [2.05, 4.69) is 10.1 Å². The maximum atomic E-state index is 11.4. The molecular weight excluding hydrogens is 288 g/mol. The number of para-hydroxylation sites is 1. The van der Waals surface area contributed by atoms with Gasteiger partial charge < -0.3 is 10.5 Å². The van der Waals surface area contributed by atoms with Crippen LogP contribution in [0.1, 0.15) is 17.2 Å². The van der Waals surface area contributed by atoms with Crippen molar-refractivity contribution in [1.82, 2.24) is 5.32 Å². The van der Waals surface area contributed by atoms with Gasteiger partial charge in [-0.25, -0.2) is 0 Å². The zero-order valence-electron chi connectivity index (χ0n) is 11.7. The minimum Gasteiger partial charge on any atom is -0.468 e. The van der Waals surface area contributed by atoms with Crippen molar-refractivity contribution in [3.63, 3.8) is 0 Å². The van der Waals surface area contributed by atoms with Crippen LogP contribution in [0.25, 0.3) is 0 Å². The molecule has 0 aliphatic rings. The lowest BCUT2D eigenvalue weighted by Crippen LogP contribution is -2.29. The third kappa shape index (κ3) is 3.97. The van der Waals surface area contributed by atoms with E-state index in [4.69, 9.17) is 17.3 Å². The van der Waals surface area contributed by atoms with Crippen molar-refractivity contribution >= 4 is 23.3 Å². The molecule has 0 amide bonds. The first-order chi connectivity index (χ1) is 10.1. The molecule has 0 bridgehead atoms. The molecule has 3 N–H and O–H groups in total. The van der Waals surface area contributed by atoms with E-state index in [9.17, 15) is 4.79 Å². The number of hydrogen-bond donors (Lipinski definition) is 2. The van der Waals surface area contributed by atoms with Crippen LogP contribution in [0.2, 0.25) is 5.02 Å². The van der Waals surface area contributed by atoms with Crippen molar-refractivity contribution in [3.8, 4) is 0 Å². The number of ether oxygens (including phenoxy) is 1. The SMILES string of the molecule is COC(=O)CN[C@@H](c1ccc(Cl)cc1)c1ccccc1N. The molecular formula is C16H17ClN2O2. The third-order valence-corrected chi connectivity index (χ3v) is 3.44. The van der Waals surface area contributed by atoms with Crippen LogP contribution in [-0.4, -0.2) is 19.6 Å². The summed E-state index contributed by atoms with van der Waals surface area (Å²) in [6.45, 7) is 0.0954. The molecule has 0 aliphatic carbocycles. The van der Waals surface area contributed by atoms with E-state index in [0.717, 1.165) is 11.1 Å². The van der Waals surface area contributed by atoms with Crippen LogP contribution in [0.3, 0.4) is 0 Å². The molecule has 0 fully saturated rings. The Morgan fingerprint density at radius 3 is 2.52 bits per heavy atom. The van der Waals surface area contributed by atoms with Crippen molar-refractivity contribution in [2.45, 2.75) is 6.04 Å². The Balaban J connectivity index is 2.32. The summed E-state index contributed by atoms with van der Waals surface area (Å²) in [5, 5.41) is 3.82. The summed E-state index contributed by atoms with van der Waals surface area (Å²) in [5.74, 6) is -0.330. The summed E-state index contributed by atoms with van der Waals surface area (Å²) >= 11 is 5.92. The van der Waals surface area contributed by atoms with Gasteiger partial charge in [0.1, 0.15) is 0 Å². The third-order valence-electron chi connectivity index (χ3n) is 3.19. The predicted octanol–water partition coefficient (Wildman–Crippen LogP) is 2.77. The fourth-order valence-corrected chi connectivity index (χ4v) is 2.22. The highest BCUT2D eigenvalue weighted by molar-refractivity contribution is 6.30. The van der Waals surface area contributed by atoms with Crippen LogP contribution in [0.5, 0.6) is 0 Å². The van der Waals surface area contributed by atoms with Gasteiger partial charge in [-0.1, -0.05) is 41.9 Å². The molecule has 0 unspecified atom stereocenters. The van der Waals surface area contributed by atoms with E-state index in [1.165, 1.54) is 7.11 Å². The van der Waals surface area contributed by atoms with Gasteiger partial charge in [0.2, 0.25) is 0 Å². The number of methoxy groups -OCH3 is 1. The normalized spacial score (nSPS) is 11.9. The van der Waals surface area contributed by atoms with E-state index < -0.39 is 0 Å². The molecule has 4 nitrogen and oxygen atoms in total. The Morgan fingerprint density at radius 1 is 1.24 bits per heavy atom. The number of carbonyl (C=O) groups is 1. The van der Waals surface area contributed by atoms with Crippen LogP contribution >= 0.6 is 11.6 Å². The number of carbonyl (C=O) groups excluding carboxylic acids is 1. The lowest BCUT2D eigenvalue weighted by Gasteiger charge is -2.21. The molecule has 0 heterocycles. The van der Waals surface area contributed by atoms with Gasteiger partial charge in [-0.05, 0) is 29.3 Å². The molecule has 2 aromatic carbocycles. The molecule has 1 atom stereocenters. The van der Waals surface area contributed by atoms with E-state index >= 15 is 0 Å². The van der Waals surface area contributed by atoms with Gasteiger partial charge in [0.05, 0.1) is 19.7 Å². The summed E-state index contributed by atoms with van der Waals surface area (Å²) in [6.07, 6.45) is 0. The highest BCUT2D eigenvalue weighted by Gasteiger charge is 2.17. The van der Waals surface area contributed by atoms with Gasteiger partial charge in [0.15, 0.2) is 0 Å². The minimum absolute atomic E-state index is 0.0954. The van der Waals surface area contributed by atoms with E-state index in [1.54, 1.807) is 0 Å². The fourth-order valence-electron chi connectivity index (χ4n) is 2.09. The lowest BCUT2D eigenvalue weighted by atomic mass is 9.97. The second kappa shape index (κ2) is 7.11. The molecule has 21 heavy (non-hydrogen) atoms. The molecule has 0 saturated carbocycles. The van der Waals surface area contributed by atoms with Crippen LogP contribution in [0.4, 0.5) is 5.69 Å². The van der Waals surface area contributed by atoms with Crippen LogP contribution in [0.15, 0.2) is 48.5 Å². The van der Waals surface area contributed by atoms with Gasteiger partial charge in [0, 0.05) is 10.7 Å². The number of nitrogen functional groups attached to an aromatic ring is 1. The second-order valence-corrected chi connectivity index (χ2v) is 5.01. The number of hydrogen-bond acceptors (Lipinski definition) is 4. The molecule has 2 aromatic rings. The van der Waals surface area contributed by atoms with Crippen molar-refractivity contribution in [3.05, 3.63) is 64.7 Å². The molecule has 0 radical (unpaired) electrons. The quantitative estimate of drug-likeness (QED) is 0.658. The number of nitrogens with two attached hydrogens (primary N) is 1. The lowest BCUT2D eigenvalue weighted by molar-refractivity contribution is -0.139. The minimum atomic E-state index is -0.330. The Kier molecular flexibility index (Phi) is 5.20. The maximum absolute atomic E-state index is 11.4. The molecule has 2 rings (SSSR count). The van der Waals surface area contributed by atoms with Gasteiger partial charge in [-0.3, -0.25) is 10.1 Å². The Labute approximate surface area is 128 Å². The molecule has 0 saturated heterocycles. The number of nitrogens with one attached hydrogen (secondary N) is 1. The van der Waals surface area contributed by atoms with E-state index in [0.29, 0.717) is 10.7 Å². The summed E-state index contributed by atoms with van der Waals surface area (Å²) in [4.78, 5) is 11.4. The van der Waals surface area contributed by atoms with Gasteiger partial charge in [-0.15, -0.1) is 0 Å². The van der Waals surface area contributed by atoms with Gasteiger partial charge in [-0.2, -0.15) is 0 Å². The van der Waals surface area contributed by atoms with Crippen molar-refractivity contribution in [2.75, 3.05) is 19.4 Å². The first-order valence-electron chi connectivity index (χ1n) is 6.52. The molecule has 5 heteroatoms. The van der Waals surface area contributed by atoms with Crippen LogP contribution in [-0.2, 0) is 9.53 Å². The van der Waals surface area contributed by atoms with Gasteiger partial charge in [0.25, 0.3) is 0 Å². The Bertz CT molecular complexity index is 614. The first kappa shape index (κ1) is 15.4. The van der Waals surface area contributed by atoms with E-state index in [1.807, 2.05) is 48.5 Å². The average molecular weight is 305 g/mol. The largest absolute Gasteiger partial charge is 0.468 e. The number of anilines is 1. The molecule has 0 aromatic heterocycles. The zero-order chi connectivity index (χ0) is 15.2.